The van der Waals surface area contributed by atoms with Gasteiger partial charge in [0.25, 0.3) is 5.91 Å². The summed E-state index contributed by atoms with van der Waals surface area (Å²) in [5, 5.41) is 12.1. The van der Waals surface area contributed by atoms with Gasteiger partial charge in [0.15, 0.2) is 6.10 Å². The minimum Gasteiger partial charge on any atom is -0.480 e. The Balaban J connectivity index is 2.15. The van der Waals surface area contributed by atoms with E-state index in [4.69, 9.17) is 4.74 Å². The number of hydrogen-bond acceptors (Lipinski definition) is 3. The predicted molar refractivity (Wildman–Crippen MR) is 73.2 cm³/mol. The fourth-order valence-electron chi connectivity index (χ4n) is 2.69. The van der Waals surface area contributed by atoms with E-state index in [0.29, 0.717) is 18.4 Å². The van der Waals surface area contributed by atoms with Gasteiger partial charge in [-0.3, -0.25) is 4.79 Å². The van der Waals surface area contributed by atoms with Crippen molar-refractivity contribution < 1.29 is 19.4 Å². The Bertz CT molecular complexity index is 480. The number of hydrogen-bond donors (Lipinski definition) is 2. The molecule has 1 aromatic rings. The Hall–Kier alpha value is -1.88. The van der Waals surface area contributed by atoms with Crippen LogP contribution in [0.5, 0.6) is 0 Å². The molecule has 2 N–H and O–H groups in total. The van der Waals surface area contributed by atoms with Crippen LogP contribution in [-0.2, 0) is 14.3 Å². The van der Waals surface area contributed by atoms with E-state index in [2.05, 4.69) is 5.32 Å². The Labute approximate surface area is 117 Å². The third-order valence-electron chi connectivity index (χ3n) is 3.81. The van der Waals surface area contributed by atoms with Crippen molar-refractivity contribution in [2.45, 2.75) is 37.3 Å². The summed E-state index contributed by atoms with van der Waals surface area (Å²) >= 11 is 0. The zero-order chi connectivity index (χ0) is 14.6. The first-order valence-electron chi connectivity index (χ1n) is 6.72. The van der Waals surface area contributed by atoms with Gasteiger partial charge in [0, 0.05) is 7.11 Å². The summed E-state index contributed by atoms with van der Waals surface area (Å²) in [6.07, 6.45) is 1.79. The van der Waals surface area contributed by atoms with Gasteiger partial charge in [-0.25, -0.2) is 4.79 Å². The van der Waals surface area contributed by atoms with Crippen LogP contribution in [0.15, 0.2) is 30.3 Å². The Morgan fingerprint density at radius 1 is 1.25 bits per heavy atom. The summed E-state index contributed by atoms with van der Waals surface area (Å²) in [5.74, 6) is -1.37. The summed E-state index contributed by atoms with van der Waals surface area (Å²) in [4.78, 5) is 23.8. The van der Waals surface area contributed by atoms with Crippen molar-refractivity contribution in [2.75, 3.05) is 7.11 Å². The van der Waals surface area contributed by atoms with Crippen LogP contribution in [0, 0.1) is 0 Å². The number of benzene rings is 1. The molecule has 0 saturated heterocycles. The number of carboxylic acid groups (broad SMARTS) is 1. The van der Waals surface area contributed by atoms with E-state index in [1.165, 1.54) is 7.11 Å². The van der Waals surface area contributed by atoms with Crippen molar-refractivity contribution in [3.8, 4) is 0 Å². The Morgan fingerprint density at radius 2 is 1.85 bits per heavy atom. The van der Waals surface area contributed by atoms with Gasteiger partial charge >= 0.3 is 5.97 Å². The van der Waals surface area contributed by atoms with Crippen molar-refractivity contribution >= 4 is 11.9 Å². The van der Waals surface area contributed by atoms with Crippen molar-refractivity contribution in [1.29, 1.82) is 0 Å². The minimum absolute atomic E-state index is 0.400. The normalized spacial score (nSPS) is 18.4. The maximum Gasteiger partial charge on any atom is 0.329 e. The average Bonchev–Trinajstić information content (AvgIpc) is 2.90. The molecule has 1 saturated carbocycles. The van der Waals surface area contributed by atoms with Gasteiger partial charge in [-0.05, 0) is 18.4 Å². The van der Waals surface area contributed by atoms with Crippen LogP contribution in [0.4, 0.5) is 0 Å². The molecule has 1 aliphatic carbocycles. The molecular formula is C15H19NO4. The molecule has 1 atom stereocenters. The van der Waals surface area contributed by atoms with E-state index in [-0.39, 0.29) is 0 Å². The zero-order valence-electron chi connectivity index (χ0n) is 11.5. The highest BCUT2D eigenvalue weighted by Gasteiger charge is 2.43. The van der Waals surface area contributed by atoms with E-state index in [9.17, 15) is 14.7 Å². The van der Waals surface area contributed by atoms with E-state index >= 15 is 0 Å². The van der Waals surface area contributed by atoms with Crippen LogP contribution < -0.4 is 5.32 Å². The number of carbonyl (C=O) groups excluding carboxylic acids is 1. The van der Waals surface area contributed by atoms with Gasteiger partial charge in [-0.2, -0.15) is 0 Å². The van der Waals surface area contributed by atoms with E-state index in [0.717, 1.165) is 12.8 Å². The van der Waals surface area contributed by atoms with E-state index < -0.39 is 23.5 Å². The third kappa shape index (κ3) is 2.82. The van der Waals surface area contributed by atoms with Crippen LogP contribution >= 0.6 is 0 Å². The molecule has 0 aliphatic heterocycles. The fraction of sp³-hybridized carbons (Fsp3) is 0.467. The topological polar surface area (TPSA) is 75.6 Å². The van der Waals surface area contributed by atoms with Gasteiger partial charge in [0.1, 0.15) is 5.54 Å². The van der Waals surface area contributed by atoms with Gasteiger partial charge < -0.3 is 15.2 Å². The third-order valence-corrected chi connectivity index (χ3v) is 3.81. The smallest absolute Gasteiger partial charge is 0.329 e. The van der Waals surface area contributed by atoms with Crippen LogP contribution in [-0.4, -0.2) is 29.6 Å². The number of carbonyl (C=O) groups is 2. The van der Waals surface area contributed by atoms with Crippen LogP contribution in [0.3, 0.4) is 0 Å². The number of amides is 1. The van der Waals surface area contributed by atoms with Crippen LogP contribution in [0.1, 0.15) is 37.4 Å². The maximum atomic E-state index is 12.3. The SMILES string of the molecule is CO[C@@H](C(=O)NC1(C(=O)O)CCCC1)c1ccccc1. The molecule has 108 valence electrons. The fourth-order valence-corrected chi connectivity index (χ4v) is 2.69. The predicted octanol–water partition coefficient (Wildman–Crippen LogP) is 1.89. The number of aliphatic carboxylic acids is 1. The Morgan fingerprint density at radius 3 is 2.35 bits per heavy atom. The molecular weight excluding hydrogens is 258 g/mol. The van der Waals surface area contributed by atoms with Gasteiger partial charge in [0.2, 0.25) is 0 Å². The highest BCUT2D eigenvalue weighted by atomic mass is 16.5. The molecule has 0 unspecified atom stereocenters. The highest BCUT2D eigenvalue weighted by Crippen LogP contribution is 2.31. The first kappa shape index (κ1) is 14.5. The highest BCUT2D eigenvalue weighted by molar-refractivity contribution is 5.90. The number of ether oxygens (including phenoxy) is 1. The second-order valence-electron chi connectivity index (χ2n) is 5.11. The molecule has 0 bridgehead atoms. The number of nitrogens with one attached hydrogen (secondary N) is 1. The van der Waals surface area contributed by atoms with Crippen LogP contribution in [0.2, 0.25) is 0 Å². The first-order valence-corrected chi connectivity index (χ1v) is 6.72. The summed E-state index contributed by atoms with van der Waals surface area (Å²) in [5.41, 5.74) is -0.422. The molecule has 20 heavy (non-hydrogen) atoms. The standard InChI is InChI=1S/C15H19NO4/c1-20-12(11-7-3-2-4-8-11)13(17)16-15(14(18)19)9-5-6-10-15/h2-4,7-8,12H,5-6,9-10H2,1H3,(H,16,17)(H,18,19)/t12-/m1/s1. The van der Waals surface area contributed by atoms with Gasteiger partial charge in [0.05, 0.1) is 0 Å². The molecule has 0 spiro atoms. The molecule has 1 amide bonds. The minimum atomic E-state index is -1.14. The zero-order valence-corrected chi connectivity index (χ0v) is 11.5. The molecule has 1 fully saturated rings. The lowest BCUT2D eigenvalue weighted by molar-refractivity contribution is -0.149. The molecule has 0 radical (unpaired) electrons. The molecule has 0 heterocycles. The molecule has 0 aromatic heterocycles. The lowest BCUT2D eigenvalue weighted by Crippen LogP contribution is -2.53. The lowest BCUT2D eigenvalue weighted by atomic mass is 9.96. The second-order valence-corrected chi connectivity index (χ2v) is 5.11. The van der Waals surface area contributed by atoms with Crippen molar-refractivity contribution in [2.24, 2.45) is 0 Å². The van der Waals surface area contributed by atoms with Crippen molar-refractivity contribution in [3.05, 3.63) is 35.9 Å². The number of methoxy groups -OCH3 is 1. The maximum absolute atomic E-state index is 12.3. The summed E-state index contributed by atoms with van der Waals surface area (Å²) < 4.78 is 5.23. The number of carboxylic acids is 1. The molecule has 2 rings (SSSR count). The molecule has 1 aromatic carbocycles. The first-order chi connectivity index (χ1) is 9.59. The summed E-state index contributed by atoms with van der Waals surface area (Å²) in [7, 11) is 1.44. The van der Waals surface area contributed by atoms with Gasteiger partial charge in [-0.1, -0.05) is 43.2 Å². The summed E-state index contributed by atoms with van der Waals surface area (Å²) in [6.45, 7) is 0. The summed E-state index contributed by atoms with van der Waals surface area (Å²) in [6, 6.07) is 9.06. The van der Waals surface area contributed by atoms with E-state index in [1.807, 2.05) is 18.2 Å². The van der Waals surface area contributed by atoms with Crippen LogP contribution in [0.25, 0.3) is 0 Å². The lowest BCUT2D eigenvalue weighted by Gasteiger charge is -2.27. The molecule has 5 heteroatoms. The van der Waals surface area contributed by atoms with E-state index in [1.54, 1.807) is 12.1 Å². The average molecular weight is 277 g/mol. The number of rotatable bonds is 5. The second kappa shape index (κ2) is 6.05. The Kier molecular flexibility index (Phi) is 4.39. The van der Waals surface area contributed by atoms with Crippen molar-refractivity contribution in [1.82, 2.24) is 5.32 Å². The molecule has 5 nitrogen and oxygen atoms in total. The quantitative estimate of drug-likeness (QED) is 0.861. The van der Waals surface area contributed by atoms with Crippen molar-refractivity contribution in [3.63, 3.8) is 0 Å². The van der Waals surface area contributed by atoms with Gasteiger partial charge in [-0.15, -0.1) is 0 Å². The molecule has 1 aliphatic rings. The largest absolute Gasteiger partial charge is 0.480 e. The monoisotopic (exact) mass is 277 g/mol.